The molecule has 0 aromatic carbocycles. The summed E-state index contributed by atoms with van der Waals surface area (Å²) in [5.41, 5.74) is 21.8. The second-order valence-corrected chi connectivity index (χ2v) is 11.0. The van der Waals surface area contributed by atoms with Gasteiger partial charge in [0, 0.05) is 24.4 Å². The molecule has 1 fully saturated rings. The Labute approximate surface area is 271 Å². The van der Waals surface area contributed by atoms with Gasteiger partial charge < -0.3 is 53.6 Å². The molecule has 0 aromatic heterocycles. The van der Waals surface area contributed by atoms with E-state index in [2.05, 4.69) is 20.9 Å². The van der Waals surface area contributed by atoms with Gasteiger partial charge in [-0.1, -0.05) is 13.3 Å². The predicted octanol–water partition coefficient (Wildman–Crippen LogP) is -3.36. The maximum Gasteiger partial charge on any atom is 0.332 e. The number of aliphatic imine (C=N–C) groups is 1. The number of nitrogens with one attached hydrogen (secondary N) is 3. The standard InChI is InChI=1S/C27H48N10O10/c1-3-4-14-47-26(44)19(29)23(40)35-20(17(37(45)46)10-12-32-27(30)31)24(41)36-13-7-9-18(36)22(39)33-15(2)21(38)34-16(25(42)43)8-5-6-11-28/h15-20H,3-14,28-29H2,1-2H3,(H,33,39)(H,34,38)(H,35,40)(H,42,43)(H4,30,31,32)/t15-,16-,17?,18-,19?,20-/m0/s1. The first kappa shape index (κ1) is 40.4. The molecule has 20 nitrogen and oxygen atoms in total. The molecule has 0 spiro atoms. The largest absolute Gasteiger partial charge is 0.480 e. The summed E-state index contributed by atoms with van der Waals surface area (Å²) < 4.78 is 4.95. The molecule has 6 atom stereocenters. The third kappa shape index (κ3) is 13.3. The van der Waals surface area contributed by atoms with E-state index in [9.17, 15) is 44.0 Å². The van der Waals surface area contributed by atoms with E-state index in [-0.39, 0.29) is 38.5 Å². The molecule has 266 valence electrons. The van der Waals surface area contributed by atoms with Crippen molar-refractivity contribution < 1.29 is 43.5 Å². The number of nitro groups is 1. The van der Waals surface area contributed by atoms with Crippen LogP contribution in [0.25, 0.3) is 0 Å². The molecule has 1 rings (SSSR count). The number of nitrogens with two attached hydrogens (primary N) is 4. The molecule has 0 aromatic rings. The Balaban J connectivity index is 3.19. The average Bonchev–Trinajstić information content (AvgIpc) is 3.51. The van der Waals surface area contributed by atoms with E-state index in [1.807, 2.05) is 6.92 Å². The lowest BCUT2D eigenvalue weighted by Crippen LogP contribution is -2.62. The topological polar surface area (TPSA) is 331 Å². The molecule has 1 aliphatic rings. The second kappa shape index (κ2) is 20.5. The zero-order valence-corrected chi connectivity index (χ0v) is 26.7. The van der Waals surface area contributed by atoms with Gasteiger partial charge in [-0.3, -0.25) is 34.3 Å². The minimum atomic E-state index is -1.91. The average molecular weight is 673 g/mol. The molecular formula is C27H48N10O10. The van der Waals surface area contributed by atoms with E-state index in [0.717, 1.165) is 4.90 Å². The van der Waals surface area contributed by atoms with Gasteiger partial charge in [0.1, 0.15) is 18.1 Å². The van der Waals surface area contributed by atoms with Crippen LogP contribution >= 0.6 is 0 Å². The summed E-state index contributed by atoms with van der Waals surface area (Å²) in [5.74, 6) is -6.53. The number of amides is 4. The smallest absolute Gasteiger partial charge is 0.332 e. The Hall–Kier alpha value is -4.59. The van der Waals surface area contributed by atoms with Crippen molar-refractivity contribution in [3.8, 4) is 0 Å². The van der Waals surface area contributed by atoms with Crippen LogP contribution in [-0.4, -0.2) is 119 Å². The number of guanidine groups is 1. The van der Waals surface area contributed by atoms with Crippen LogP contribution in [0.3, 0.4) is 0 Å². The van der Waals surface area contributed by atoms with E-state index < -0.39 is 83.2 Å². The monoisotopic (exact) mass is 672 g/mol. The first-order valence-electron chi connectivity index (χ1n) is 15.4. The van der Waals surface area contributed by atoms with Crippen molar-refractivity contribution in [3.05, 3.63) is 10.1 Å². The number of hydrogen-bond acceptors (Lipinski definition) is 12. The van der Waals surface area contributed by atoms with Crippen molar-refractivity contribution in [2.45, 2.75) is 101 Å². The maximum absolute atomic E-state index is 13.8. The van der Waals surface area contributed by atoms with Gasteiger partial charge in [-0.25, -0.2) is 9.59 Å². The quantitative estimate of drug-likeness (QED) is 0.0112. The van der Waals surface area contributed by atoms with Crippen LogP contribution in [0.1, 0.15) is 65.2 Å². The van der Waals surface area contributed by atoms with Gasteiger partial charge in [0.05, 0.1) is 6.61 Å². The van der Waals surface area contributed by atoms with Crippen LogP contribution in [0.4, 0.5) is 0 Å². The summed E-state index contributed by atoms with van der Waals surface area (Å²) in [4.78, 5) is 92.6. The van der Waals surface area contributed by atoms with Crippen molar-refractivity contribution in [2.75, 3.05) is 26.2 Å². The summed E-state index contributed by atoms with van der Waals surface area (Å²) >= 11 is 0. The second-order valence-electron chi connectivity index (χ2n) is 11.0. The zero-order chi connectivity index (χ0) is 35.7. The number of carboxylic acids is 1. The molecule has 1 saturated heterocycles. The molecule has 0 aliphatic carbocycles. The first-order valence-corrected chi connectivity index (χ1v) is 15.4. The highest BCUT2D eigenvalue weighted by molar-refractivity contribution is 6.03. The van der Waals surface area contributed by atoms with Crippen LogP contribution in [0.15, 0.2) is 4.99 Å². The normalized spacial score (nSPS) is 17.3. The fourth-order valence-electron chi connectivity index (χ4n) is 4.70. The molecule has 1 heterocycles. The number of aliphatic carboxylic acids is 1. The molecule has 20 heteroatoms. The van der Waals surface area contributed by atoms with Gasteiger partial charge >= 0.3 is 11.9 Å². The van der Waals surface area contributed by atoms with Gasteiger partial charge in [-0.05, 0) is 52.0 Å². The van der Waals surface area contributed by atoms with Crippen molar-refractivity contribution >= 4 is 41.5 Å². The van der Waals surface area contributed by atoms with Gasteiger partial charge in [0.15, 0.2) is 18.0 Å². The SMILES string of the molecule is CCCCOC(=O)C(N)C(=O)N[C@H](C(=O)N1CCC[C@H]1C(=O)N[C@@H](C)C(=O)N[C@@H](CCCCN)C(=O)O)C(CCN=C(N)N)[N+](=O)[O-]. The third-order valence-electron chi connectivity index (χ3n) is 7.37. The number of rotatable bonds is 21. The number of esters is 1. The van der Waals surface area contributed by atoms with Gasteiger partial charge in [0.25, 0.3) is 5.91 Å². The number of carbonyl (C=O) groups is 6. The van der Waals surface area contributed by atoms with E-state index in [1.165, 1.54) is 6.92 Å². The van der Waals surface area contributed by atoms with Crippen molar-refractivity contribution in [1.29, 1.82) is 0 Å². The number of nitrogens with zero attached hydrogens (tertiary/aromatic N) is 3. The number of ether oxygens (including phenoxy) is 1. The number of hydrogen-bond donors (Lipinski definition) is 8. The number of carbonyl (C=O) groups excluding carboxylic acids is 5. The highest BCUT2D eigenvalue weighted by atomic mass is 16.6. The Kier molecular flexibility index (Phi) is 17.7. The third-order valence-corrected chi connectivity index (χ3v) is 7.37. The molecule has 0 bridgehead atoms. The number of likely N-dealkylation sites (tertiary alicyclic amines) is 1. The maximum atomic E-state index is 13.8. The fourth-order valence-corrected chi connectivity index (χ4v) is 4.70. The summed E-state index contributed by atoms with van der Waals surface area (Å²) in [6.07, 6.45) is 2.32. The predicted molar refractivity (Wildman–Crippen MR) is 167 cm³/mol. The lowest BCUT2D eigenvalue weighted by Gasteiger charge is -2.30. The lowest BCUT2D eigenvalue weighted by molar-refractivity contribution is -0.525. The summed E-state index contributed by atoms with van der Waals surface area (Å²) in [6.45, 7) is 3.18. The Morgan fingerprint density at radius 2 is 1.74 bits per heavy atom. The van der Waals surface area contributed by atoms with E-state index in [1.54, 1.807) is 0 Å². The van der Waals surface area contributed by atoms with Crippen molar-refractivity contribution in [1.82, 2.24) is 20.9 Å². The van der Waals surface area contributed by atoms with Gasteiger partial charge in [-0.15, -0.1) is 0 Å². The fraction of sp³-hybridized carbons (Fsp3) is 0.741. The molecule has 1 aliphatic heterocycles. The van der Waals surface area contributed by atoms with E-state index in [4.69, 9.17) is 27.7 Å². The number of unbranched alkanes of at least 4 members (excludes halogenated alkanes) is 2. The highest BCUT2D eigenvalue weighted by Crippen LogP contribution is 2.21. The van der Waals surface area contributed by atoms with Gasteiger partial charge in [0.2, 0.25) is 23.8 Å². The van der Waals surface area contributed by atoms with Crippen LogP contribution < -0.4 is 38.9 Å². The molecule has 4 amide bonds. The van der Waals surface area contributed by atoms with Gasteiger partial charge in [-0.2, -0.15) is 0 Å². The molecule has 47 heavy (non-hydrogen) atoms. The summed E-state index contributed by atoms with van der Waals surface area (Å²) in [6, 6.07) is -9.24. The highest BCUT2D eigenvalue weighted by Gasteiger charge is 2.46. The van der Waals surface area contributed by atoms with Crippen molar-refractivity contribution in [2.24, 2.45) is 27.9 Å². The Morgan fingerprint density at radius 3 is 2.32 bits per heavy atom. The Bertz CT molecular complexity index is 1150. The first-order chi connectivity index (χ1) is 22.2. The minimum Gasteiger partial charge on any atom is -0.480 e. The van der Waals surface area contributed by atoms with Crippen LogP contribution in [0.5, 0.6) is 0 Å². The van der Waals surface area contributed by atoms with E-state index in [0.29, 0.717) is 38.6 Å². The number of carboxylic acid groups (broad SMARTS) is 1. The zero-order valence-electron chi connectivity index (χ0n) is 26.7. The minimum absolute atomic E-state index is 0.0129. The molecule has 0 radical (unpaired) electrons. The van der Waals surface area contributed by atoms with Crippen LogP contribution in [0.2, 0.25) is 0 Å². The van der Waals surface area contributed by atoms with Crippen LogP contribution in [0, 0.1) is 10.1 Å². The molecule has 12 N–H and O–H groups in total. The Morgan fingerprint density at radius 1 is 1.06 bits per heavy atom. The van der Waals surface area contributed by atoms with Crippen molar-refractivity contribution in [3.63, 3.8) is 0 Å². The summed E-state index contributed by atoms with van der Waals surface area (Å²) in [5, 5.41) is 28.6. The molecular weight excluding hydrogens is 624 g/mol. The molecule has 2 unspecified atom stereocenters. The summed E-state index contributed by atoms with van der Waals surface area (Å²) in [7, 11) is 0. The lowest BCUT2D eigenvalue weighted by atomic mass is 10.0. The van der Waals surface area contributed by atoms with E-state index >= 15 is 0 Å². The molecule has 0 saturated carbocycles. The van der Waals surface area contributed by atoms with Crippen LogP contribution in [-0.2, 0) is 33.5 Å².